The maximum Gasteiger partial charge on any atom is 0.319 e. The van der Waals surface area contributed by atoms with Crippen molar-refractivity contribution in [3.05, 3.63) is 0 Å². The van der Waals surface area contributed by atoms with Crippen LogP contribution < -0.4 is 0 Å². The summed E-state index contributed by atoms with van der Waals surface area (Å²) in [5.41, 5.74) is 0. The summed E-state index contributed by atoms with van der Waals surface area (Å²) in [6, 6.07) is -0.404. The minimum atomic E-state index is -4.14. The Morgan fingerprint density at radius 1 is 1.00 bits per heavy atom. The molecule has 0 aromatic carbocycles. The van der Waals surface area contributed by atoms with Crippen molar-refractivity contribution in [2.45, 2.75) is 6.04 Å². The van der Waals surface area contributed by atoms with E-state index < -0.39 is 24.3 Å². The smallest absolute Gasteiger partial charge is 0.305 e. The van der Waals surface area contributed by atoms with Gasteiger partial charge < -0.3 is 4.90 Å². The summed E-state index contributed by atoms with van der Waals surface area (Å²) in [6.07, 6.45) is 0. The normalized spacial score (nSPS) is 12.8. The molecule has 0 atom stereocenters. The fourth-order valence-corrected chi connectivity index (χ4v) is 4.29. The van der Waals surface area contributed by atoms with Gasteiger partial charge in [0.25, 0.3) is 0 Å². The predicted molar refractivity (Wildman–Crippen MR) is 71.2 cm³/mol. The minimum Gasteiger partial charge on any atom is -0.305 e. The van der Waals surface area contributed by atoms with E-state index in [1.54, 1.807) is 19.0 Å². The van der Waals surface area contributed by atoms with Gasteiger partial charge in [-0.2, -0.15) is 16.8 Å². The first-order valence-corrected chi connectivity index (χ1v) is 9.80. The summed E-state index contributed by atoms with van der Waals surface area (Å²) in [5, 5.41) is 0. The van der Waals surface area contributed by atoms with E-state index in [0.29, 0.717) is 21.6 Å². The van der Waals surface area contributed by atoms with Gasteiger partial charge in [0.05, 0.1) is 0 Å². The van der Waals surface area contributed by atoms with Gasteiger partial charge >= 0.3 is 18.3 Å². The van der Waals surface area contributed by atoms with Crippen molar-refractivity contribution in [2.24, 2.45) is 0 Å². The van der Waals surface area contributed by atoms with Crippen molar-refractivity contribution in [2.75, 3.05) is 25.6 Å². The number of hydrogen-bond acceptors (Lipinski definition) is 7. The summed E-state index contributed by atoms with van der Waals surface area (Å²) in [5.74, 6) is 0.0166. The molecule has 0 aromatic heterocycles. The van der Waals surface area contributed by atoms with Gasteiger partial charge in [-0.3, -0.25) is 9.11 Å². The van der Waals surface area contributed by atoms with Gasteiger partial charge in [-0.15, -0.1) is 0 Å². The molecule has 0 aliphatic rings. The maximum atomic E-state index is 10.5. The fraction of sp³-hybridized carbons (Fsp3) is 1.00. The van der Waals surface area contributed by atoms with Crippen molar-refractivity contribution in [3.63, 3.8) is 0 Å². The van der Waals surface area contributed by atoms with Crippen molar-refractivity contribution in [1.29, 1.82) is 0 Å². The molecule has 0 aliphatic heterocycles. The Bertz CT molecular complexity index is 370. The average Bonchev–Trinajstić information content (AvgIpc) is 1.98. The van der Waals surface area contributed by atoms with Crippen LogP contribution in [0, 0.1) is 0 Å². The van der Waals surface area contributed by atoms with Crippen LogP contribution in [0.25, 0.3) is 0 Å². The first-order valence-electron chi connectivity index (χ1n) is 3.91. The molecule has 17 heavy (non-hydrogen) atoms. The van der Waals surface area contributed by atoms with E-state index in [4.69, 9.17) is 9.11 Å². The Kier molecular flexibility index (Phi) is 10.5. The molecule has 0 saturated carbocycles. The van der Waals surface area contributed by atoms with Gasteiger partial charge in [0.15, 0.2) is 0 Å². The standard InChI is InChI=1S/C5H13NO6S4.Na/c1-6(2)5(3-13-15(7,8)9)4-14-16(10,11)12;/h5H,3-4H2,1-2H3,(H,7,8,9)(H,10,11,12);. The van der Waals surface area contributed by atoms with E-state index in [2.05, 4.69) is 0 Å². The molecule has 0 fully saturated rings. The van der Waals surface area contributed by atoms with E-state index in [-0.39, 0.29) is 41.1 Å². The molecule has 2 N–H and O–H groups in total. The van der Waals surface area contributed by atoms with Crippen LogP contribution in [0.5, 0.6) is 0 Å². The number of nitrogens with zero attached hydrogens (tertiary/aromatic N) is 1. The first kappa shape index (κ1) is 20.8. The largest absolute Gasteiger partial charge is 0.319 e. The molecule has 0 spiro atoms. The van der Waals surface area contributed by atoms with Gasteiger partial charge in [-0.1, -0.05) is 0 Å². The fourth-order valence-electron chi connectivity index (χ4n) is 0.675. The Morgan fingerprint density at radius 2 is 1.29 bits per heavy atom. The quantitative estimate of drug-likeness (QED) is 0.365. The molecular formula is C5H13NNaO6S4. The van der Waals surface area contributed by atoms with Crippen LogP contribution in [-0.4, -0.2) is 92.0 Å². The monoisotopic (exact) mass is 334 g/mol. The van der Waals surface area contributed by atoms with Crippen LogP contribution in [0.3, 0.4) is 0 Å². The molecule has 0 rings (SSSR count). The maximum absolute atomic E-state index is 10.5. The van der Waals surface area contributed by atoms with Crippen LogP contribution in [0.2, 0.25) is 0 Å². The van der Waals surface area contributed by atoms with Crippen molar-refractivity contribution in [3.8, 4) is 0 Å². The van der Waals surface area contributed by atoms with Gasteiger partial charge in [-0.05, 0) is 35.7 Å². The van der Waals surface area contributed by atoms with E-state index >= 15 is 0 Å². The van der Waals surface area contributed by atoms with Crippen LogP contribution in [0.4, 0.5) is 0 Å². The Labute approximate surface area is 131 Å². The van der Waals surface area contributed by atoms with E-state index in [1.807, 2.05) is 0 Å². The zero-order valence-corrected chi connectivity index (χ0v) is 14.9. The molecule has 12 heteroatoms. The number of rotatable bonds is 7. The van der Waals surface area contributed by atoms with Gasteiger partial charge in [0.2, 0.25) is 0 Å². The molecule has 0 aliphatic carbocycles. The van der Waals surface area contributed by atoms with Crippen molar-refractivity contribution < 1.29 is 25.9 Å². The van der Waals surface area contributed by atoms with E-state index in [1.165, 1.54) is 0 Å². The van der Waals surface area contributed by atoms with Crippen LogP contribution in [0.15, 0.2) is 0 Å². The molecule has 1 radical (unpaired) electrons. The third-order valence-electron chi connectivity index (χ3n) is 1.55. The second-order valence-electron chi connectivity index (χ2n) is 3.04. The van der Waals surface area contributed by atoms with E-state index in [0.717, 1.165) is 0 Å². The van der Waals surface area contributed by atoms with Crippen molar-refractivity contribution in [1.82, 2.24) is 4.90 Å². The third kappa shape index (κ3) is 13.7. The summed E-state index contributed by atoms with van der Waals surface area (Å²) in [6.45, 7) is 0. The van der Waals surface area contributed by atoms with Gasteiger partial charge in [-0.25, -0.2) is 0 Å². The third-order valence-corrected chi connectivity index (χ3v) is 5.79. The number of hydrogen-bond donors (Lipinski definition) is 2. The molecule has 0 aromatic rings. The SMILES string of the molecule is CN(C)C(CSS(=O)(=O)O)CSS(=O)(=O)O.[Na]. The van der Waals surface area contributed by atoms with Crippen LogP contribution in [-0.2, 0) is 18.3 Å². The van der Waals surface area contributed by atoms with Crippen LogP contribution >= 0.6 is 21.6 Å². The van der Waals surface area contributed by atoms with Crippen molar-refractivity contribution >= 4 is 69.4 Å². The molecule has 7 nitrogen and oxygen atoms in total. The molecule has 0 amide bonds. The molecule has 0 bridgehead atoms. The second kappa shape index (κ2) is 8.61. The average molecular weight is 334 g/mol. The zero-order valence-electron chi connectivity index (χ0n) is 9.60. The molecule has 99 valence electrons. The first-order chi connectivity index (χ1) is 7.01. The van der Waals surface area contributed by atoms with E-state index in [9.17, 15) is 16.8 Å². The van der Waals surface area contributed by atoms with Gasteiger partial charge in [0.1, 0.15) is 0 Å². The molecule has 0 saturated heterocycles. The molecule has 0 heterocycles. The molecular weight excluding hydrogens is 321 g/mol. The summed E-state index contributed by atoms with van der Waals surface area (Å²) in [7, 11) is -4.36. The summed E-state index contributed by atoms with van der Waals surface area (Å²) in [4.78, 5) is 1.61. The predicted octanol–water partition coefficient (Wildman–Crippen LogP) is -0.392. The Balaban J connectivity index is 0. The minimum absolute atomic E-state index is 0. The zero-order chi connectivity index (χ0) is 13.0. The van der Waals surface area contributed by atoms with Crippen LogP contribution in [0.1, 0.15) is 0 Å². The topological polar surface area (TPSA) is 112 Å². The van der Waals surface area contributed by atoms with Gasteiger partial charge in [0, 0.05) is 47.1 Å². The molecule has 0 unspecified atom stereocenters. The Hall–Kier alpha value is 1.48. The summed E-state index contributed by atoms with van der Waals surface area (Å²) >= 11 is 0. The Morgan fingerprint density at radius 3 is 1.47 bits per heavy atom. The summed E-state index contributed by atoms with van der Waals surface area (Å²) < 4.78 is 59.0. The second-order valence-corrected chi connectivity index (χ2v) is 9.83.